The molecule has 0 aliphatic rings. The number of aromatic nitrogens is 1. The Hall–Kier alpha value is -3.22. The van der Waals surface area contributed by atoms with Crippen molar-refractivity contribution in [1.29, 1.82) is 0 Å². The predicted molar refractivity (Wildman–Crippen MR) is 129 cm³/mol. The lowest BCUT2D eigenvalue weighted by Crippen LogP contribution is -2.14. The Morgan fingerprint density at radius 2 is 1.77 bits per heavy atom. The Morgan fingerprint density at radius 3 is 2.55 bits per heavy atom. The topological polar surface area (TPSA) is 71.1 Å². The molecule has 4 rings (SSSR count). The Bertz CT molecular complexity index is 1320. The van der Waals surface area contributed by atoms with E-state index < -0.39 is 11.0 Å². The molecule has 156 valence electrons. The summed E-state index contributed by atoms with van der Waals surface area (Å²) in [5.74, 6) is -0.235. The quantitative estimate of drug-likeness (QED) is 0.403. The number of fused-ring (bicyclic) bond motifs is 1. The smallest absolute Gasteiger partial charge is 0.255 e. The summed E-state index contributed by atoms with van der Waals surface area (Å²) in [7, 11) is -1.18. The largest absolute Gasteiger partial charge is 0.322 e. The SMILES string of the molecule is Cc1cc(NS(C)=O)ccc1C(=O)Nc1ccc(Cl)c(-c2nccc3ccccc23)c1. The minimum Gasteiger partial charge on any atom is -0.322 e. The number of pyridine rings is 1. The standard InChI is InChI=1S/C24H20ClN3O2S/c1-15-13-18(28-31(2)30)7-9-19(15)24(29)27-17-8-10-22(25)21(14-17)23-20-6-4-3-5-16(20)11-12-26-23/h3-14,28H,1-2H3,(H,27,29). The van der Waals surface area contributed by atoms with Crippen LogP contribution in [0, 0.1) is 6.92 Å². The number of hydrogen-bond acceptors (Lipinski definition) is 3. The number of hydrogen-bond donors (Lipinski definition) is 2. The third-order valence-corrected chi connectivity index (χ3v) is 5.74. The lowest BCUT2D eigenvalue weighted by Gasteiger charge is -2.12. The van der Waals surface area contributed by atoms with Crippen molar-refractivity contribution in [3.63, 3.8) is 0 Å². The second-order valence-electron chi connectivity index (χ2n) is 7.12. The molecule has 0 aliphatic heterocycles. The van der Waals surface area contributed by atoms with Crippen molar-refractivity contribution in [1.82, 2.24) is 4.98 Å². The number of anilines is 2. The van der Waals surface area contributed by atoms with Crippen molar-refractivity contribution in [3.8, 4) is 11.3 Å². The van der Waals surface area contributed by atoms with Crippen molar-refractivity contribution < 1.29 is 9.00 Å². The van der Waals surface area contributed by atoms with Gasteiger partial charge in [-0.2, -0.15) is 0 Å². The van der Waals surface area contributed by atoms with Crippen LogP contribution in [0.3, 0.4) is 0 Å². The van der Waals surface area contributed by atoms with Crippen LogP contribution in [0.1, 0.15) is 15.9 Å². The van der Waals surface area contributed by atoms with Gasteiger partial charge in [0.2, 0.25) is 0 Å². The zero-order chi connectivity index (χ0) is 22.0. The van der Waals surface area contributed by atoms with Crippen LogP contribution in [-0.2, 0) is 11.0 Å². The molecule has 0 spiro atoms. The first-order valence-corrected chi connectivity index (χ1v) is 11.5. The molecule has 1 heterocycles. The molecule has 4 aromatic rings. The fourth-order valence-electron chi connectivity index (χ4n) is 3.47. The predicted octanol–water partition coefficient (Wildman–Crippen LogP) is 5.82. The summed E-state index contributed by atoms with van der Waals surface area (Å²) in [6.07, 6.45) is 3.31. The molecule has 0 bridgehead atoms. The van der Waals surface area contributed by atoms with Crippen LogP contribution in [0.25, 0.3) is 22.0 Å². The van der Waals surface area contributed by atoms with Gasteiger partial charge in [-0.25, -0.2) is 4.21 Å². The summed E-state index contributed by atoms with van der Waals surface area (Å²) in [6.45, 7) is 1.84. The third kappa shape index (κ3) is 4.60. The molecular formula is C24H20ClN3O2S. The summed E-state index contributed by atoms with van der Waals surface area (Å²) in [4.78, 5) is 17.4. The lowest BCUT2D eigenvalue weighted by molar-refractivity contribution is 0.102. The lowest BCUT2D eigenvalue weighted by atomic mass is 10.0. The van der Waals surface area contributed by atoms with Crippen LogP contribution in [0.15, 0.2) is 72.9 Å². The summed E-state index contributed by atoms with van der Waals surface area (Å²) in [5.41, 5.74) is 4.14. The molecule has 0 saturated carbocycles. The van der Waals surface area contributed by atoms with E-state index in [1.54, 1.807) is 42.8 Å². The van der Waals surface area contributed by atoms with E-state index in [9.17, 15) is 9.00 Å². The number of benzene rings is 3. The van der Waals surface area contributed by atoms with Gasteiger partial charge < -0.3 is 10.0 Å². The van der Waals surface area contributed by atoms with Gasteiger partial charge >= 0.3 is 0 Å². The van der Waals surface area contributed by atoms with Crippen molar-refractivity contribution in [2.24, 2.45) is 0 Å². The monoisotopic (exact) mass is 449 g/mol. The fourth-order valence-corrected chi connectivity index (χ4v) is 4.13. The van der Waals surface area contributed by atoms with E-state index in [1.807, 2.05) is 43.3 Å². The summed E-state index contributed by atoms with van der Waals surface area (Å²) >= 11 is 6.48. The molecular weight excluding hydrogens is 430 g/mol. The number of amides is 1. The number of nitrogens with one attached hydrogen (secondary N) is 2. The van der Waals surface area contributed by atoms with Crippen LogP contribution in [0.2, 0.25) is 5.02 Å². The van der Waals surface area contributed by atoms with E-state index in [0.29, 0.717) is 22.0 Å². The van der Waals surface area contributed by atoms with Gasteiger partial charge in [0.1, 0.15) is 11.0 Å². The molecule has 1 unspecified atom stereocenters. The van der Waals surface area contributed by atoms with E-state index >= 15 is 0 Å². The maximum Gasteiger partial charge on any atom is 0.255 e. The van der Waals surface area contributed by atoms with Gasteiger partial charge in [-0.3, -0.25) is 9.78 Å². The van der Waals surface area contributed by atoms with Crippen molar-refractivity contribution >= 4 is 50.6 Å². The molecule has 31 heavy (non-hydrogen) atoms. The molecule has 7 heteroatoms. The van der Waals surface area contributed by atoms with E-state index in [2.05, 4.69) is 15.0 Å². The number of carbonyl (C=O) groups is 1. The molecule has 3 aromatic carbocycles. The van der Waals surface area contributed by atoms with Gasteiger partial charge in [0.05, 0.1) is 10.7 Å². The van der Waals surface area contributed by atoms with Crippen LogP contribution in [-0.4, -0.2) is 21.4 Å². The first-order valence-electron chi connectivity index (χ1n) is 9.58. The van der Waals surface area contributed by atoms with E-state index in [1.165, 1.54) is 0 Å². The first kappa shape index (κ1) is 21.0. The minimum absolute atomic E-state index is 0.235. The number of carbonyl (C=O) groups excluding carboxylic acids is 1. The van der Waals surface area contributed by atoms with Gasteiger partial charge in [-0.05, 0) is 60.3 Å². The van der Waals surface area contributed by atoms with Crippen LogP contribution in [0.5, 0.6) is 0 Å². The number of aryl methyl sites for hydroxylation is 1. The summed E-state index contributed by atoms with van der Waals surface area (Å²) in [5, 5.41) is 5.55. The zero-order valence-electron chi connectivity index (χ0n) is 17.0. The van der Waals surface area contributed by atoms with E-state index in [-0.39, 0.29) is 5.91 Å². The molecule has 0 saturated heterocycles. The Morgan fingerprint density at radius 1 is 1.00 bits per heavy atom. The zero-order valence-corrected chi connectivity index (χ0v) is 18.6. The van der Waals surface area contributed by atoms with Gasteiger partial charge in [-0.15, -0.1) is 0 Å². The second kappa shape index (κ2) is 8.88. The first-order chi connectivity index (χ1) is 14.9. The van der Waals surface area contributed by atoms with Gasteiger partial charge in [0.15, 0.2) is 0 Å². The molecule has 2 N–H and O–H groups in total. The van der Waals surface area contributed by atoms with Crippen LogP contribution < -0.4 is 10.0 Å². The number of halogens is 1. The maximum atomic E-state index is 12.9. The third-order valence-electron chi connectivity index (χ3n) is 4.89. The van der Waals surface area contributed by atoms with E-state index in [4.69, 9.17) is 11.6 Å². The highest BCUT2D eigenvalue weighted by atomic mass is 35.5. The van der Waals surface area contributed by atoms with Gasteiger partial charge in [0, 0.05) is 40.3 Å². The van der Waals surface area contributed by atoms with Crippen molar-refractivity contribution in [3.05, 3.63) is 89.1 Å². The fraction of sp³-hybridized carbons (Fsp3) is 0.0833. The highest BCUT2D eigenvalue weighted by molar-refractivity contribution is 7.85. The molecule has 0 fully saturated rings. The molecule has 5 nitrogen and oxygen atoms in total. The maximum absolute atomic E-state index is 12.9. The molecule has 1 atom stereocenters. The van der Waals surface area contributed by atoms with Crippen LogP contribution in [0.4, 0.5) is 11.4 Å². The Balaban J connectivity index is 1.65. The molecule has 1 amide bonds. The molecule has 1 aromatic heterocycles. The average Bonchev–Trinajstić information content (AvgIpc) is 2.74. The van der Waals surface area contributed by atoms with Crippen molar-refractivity contribution in [2.45, 2.75) is 6.92 Å². The minimum atomic E-state index is -1.18. The summed E-state index contributed by atoms with van der Waals surface area (Å²) in [6, 6.07) is 20.5. The normalized spacial score (nSPS) is 11.8. The highest BCUT2D eigenvalue weighted by Gasteiger charge is 2.14. The highest BCUT2D eigenvalue weighted by Crippen LogP contribution is 2.34. The van der Waals surface area contributed by atoms with Crippen LogP contribution >= 0.6 is 11.6 Å². The number of rotatable bonds is 5. The second-order valence-corrected chi connectivity index (χ2v) is 8.63. The van der Waals surface area contributed by atoms with E-state index in [0.717, 1.165) is 27.6 Å². The number of nitrogens with zero attached hydrogens (tertiary/aromatic N) is 1. The van der Waals surface area contributed by atoms with Gasteiger partial charge in [-0.1, -0.05) is 35.9 Å². The molecule has 0 aliphatic carbocycles. The van der Waals surface area contributed by atoms with Gasteiger partial charge in [0.25, 0.3) is 5.91 Å². The Kier molecular flexibility index (Phi) is 6.02. The Labute approximate surface area is 188 Å². The van der Waals surface area contributed by atoms with Crippen molar-refractivity contribution in [2.75, 3.05) is 16.3 Å². The average molecular weight is 450 g/mol. The molecule has 0 radical (unpaired) electrons. The summed E-state index contributed by atoms with van der Waals surface area (Å²) < 4.78 is 14.2.